The lowest BCUT2D eigenvalue weighted by Gasteiger charge is -2.25. The zero-order chi connectivity index (χ0) is 16.8. The van der Waals surface area contributed by atoms with E-state index in [1.165, 1.54) is 0 Å². The highest BCUT2D eigenvalue weighted by molar-refractivity contribution is 7.98. The molecule has 23 heavy (non-hydrogen) atoms. The number of nitrogens with zero attached hydrogens (tertiary/aromatic N) is 2. The van der Waals surface area contributed by atoms with Crippen LogP contribution < -0.4 is 5.32 Å². The van der Waals surface area contributed by atoms with E-state index in [0.717, 1.165) is 30.0 Å². The van der Waals surface area contributed by atoms with E-state index < -0.39 is 0 Å². The normalized spacial score (nSPS) is 18.0. The van der Waals surface area contributed by atoms with Gasteiger partial charge >= 0.3 is 0 Å². The van der Waals surface area contributed by atoms with Crippen LogP contribution in [0.15, 0.2) is 29.2 Å². The van der Waals surface area contributed by atoms with Gasteiger partial charge in [0.1, 0.15) is 0 Å². The molecule has 0 aliphatic carbocycles. The monoisotopic (exact) mass is 335 g/mol. The lowest BCUT2D eigenvalue weighted by molar-refractivity contribution is -0.133. The van der Waals surface area contributed by atoms with E-state index in [2.05, 4.69) is 10.2 Å². The van der Waals surface area contributed by atoms with E-state index in [4.69, 9.17) is 0 Å². The van der Waals surface area contributed by atoms with Gasteiger partial charge < -0.3 is 10.2 Å². The maximum absolute atomic E-state index is 12.2. The maximum atomic E-state index is 12.2. The minimum absolute atomic E-state index is 0.00514. The Balaban J connectivity index is 1.87. The van der Waals surface area contributed by atoms with Crippen LogP contribution in [-0.4, -0.2) is 61.1 Å². The predicted molar refractivity (Wildman–Crippen MR) is 94.8 cm³/mol. The lowest BCUT2D eigenvalue weighted by Crippen LogP contribution is -2.43. The second-order valence-corrected chi connectivity index (χ2v) is 6.77. The van der Waals surface area contributed by atoms with Crippen molar-refractivity contribution in [3.05, 3.63) is 24.3 Å². The summed E-state index contributed by atoms with van der Waals surface area (Å²) in [5.74, 6) is 0.130. The van der Waals surface area contributed by atoms with Crippen molar-refractivity contribution in [2.24, 2.45) is 0 Å². The molecule has 2 amide bonds. The van der Waals surface area contributed by atoms with Crippen LogP contribution in [0, 0.1) is 0 Å². The van der Waals surface area contributed by atoms with Crippen LogP contribution in [-0.2, 0) is 9.59 Å². The molecule has 0 bridgehead atoms. The first-order valence-corrected chi connectivity index (χ1v) is 9.13. The van der Waals surface area contributed by atoms with Gasteiger partial charge in [0.25, 0.3) is 0 Å². The number of para-hydroxylation sites is 1. The number of nitrogens with one attached hydrogen (secondary N) is 1. The summed E-state index contributed by atoms with van der Waals surface area (Å²) in [6, 6.07) is 7.71. The number of hydrogen-bond acceptors (Lipinski definition) is 4. The first-order chi connectivity index (χ1) is 11.0. The Hall–Kier alpha value is -1.53. The minimum Gasteiger partial charge on any atom is -0.347 e. The molecule has 1 saturated heterocycles. The van der Waals surface area contributed by atoms with Crippen LogP contribution in [0.4, 0.5) is 5.69 Å². The fourth-order valence-electron chi connectivity index (χ4n) is 2.88. The van der Waals surface area contributed by atoms with Crippen molar-refractivity contribution < 1.29 is 9.59 Å². The van der Waals surface area contributed by atoms with E-state index in [0.29, 0.717) is 13.0 Å². The summed E-state index contributed by atoms with van der Waals surface area (Å²) in [5.41, 5.74) is 0.854. The second kappa shape index (κ2) is 8.36. The molecule has 1 N–H and O–H groups in total. The third kappa shape index (κ3) is 4.72. The summed E-state index contributed by atoms with van der Waals surface area (Å²) in [5, 5.41) is 2.97. The van der Waals surface area contributed by atoms with Crippen LogP contribution in [0.5, 0.6) is 0 Å². The molecule has 5 nitrogen and oxygen atoms in total. The number of rotatable bonds is 6. The van der Waals surface area contributed by atoms with Gasteiger partial charge in [-0.15, -0.1) is 11.8 Å². The van der Waals surface area contributed by atoms with Gasteiger partial charge in [0, 0.05) is 32.0 Å². The lowest BCUT2D eigenvalue weighted by atomic mass is 10.2. The first-order valence-electron chi connectivity index (χ1n) is 7.91. The first kappa shape index (κ1) is 17.8. The smallest absolute Gasteiger partial charge is 0.239 e. The summed E-state index contributed by atoms with van der Waals surface area (Å²) in [6.07, 6.45) is 4.29. The number of amides is 2. The van der Waals surface area contributed by atoms with Gasteiger partial charge in [-0.05, 0) is 37.8 Å². The quantitative estimate of drug-likeness (QED) is 0.811. The zero-order valence-corrected chi connectivity index (χ0v) is 14.9. The van der Waals surface area contributed by atoms with Gasteiger partial charge in [0.15, 0.2) is 0 Å². The SMILES string of the molecule is CSc1ccccc1NC(=O)CCN1CCCC1C(=O)N(C)C. The maximum Gasteiger partial charge on any atom is 0.239 e. The zero-order valence-electron chi connectivity index (χ0n) is 14.0. The summed E-state index contributed by atoms with van der Waals surface area (Å²) in [6.45, 7) is 1.51. The van der Waals surface area contributed by atoms with Crippen molar-refractivity contribution in [2.75, 3.05) is 38.8 Å². The molecule has 1 unspecified atom stereocenters. The number of anilines is 1. The van der Waals surface area contributed by atoms with E-state index >= 15 is 0 Å². The molecule has 1 fully saturated rings. The van der Waals surface area contributed by atoms with Crippen LogP contribution in [0.2, 0.25) is 0 Å². The molecule has 6 heteroatoms. The predicted octanol–water partition coefficient (Wildman–Crippen LogP) is 2.29. The Morgan fingerprint density at radius 1 is 1.35 bits per heavy atom. The molecule has 0 aromatic heterocycles. The summed E-state index contributed by atoms with van der Waals surface area (Å²) >= 11 is 1.61. The number of likely N-dealkylation sites (tertiary alicyclic amines) is 1. The summed E-state index contributed by atoms with van der Waals surface area (Å²) in [7, 11) is 3.57. The average Bonchev–Trinajstić information content (AvgIpc) is 3.01. The molecule has 126 valence electrons. The molecular formula is C17H25N3O2S. The molecular weight excluding hydrogens is 310 g/mol. The minimum atomic E-state index is -0.0729. The molecule has 1 aromatic carbocycles. The molecule has 1 aliphatic heterocycles. The largest absolute Gasteiger partial charge is 0.347 e. The second-order valence-electron chi connectivity index (χ2n) is 5.93. The van der Waals surface area contributed by atoms with E-state index in [-0.39, 0.29) is 17.9 Å². The van der Waals surface area contributed by atoms with Gasteiger partial charge in [-0.2, -0.15) is 0 Å². The van der Waals surface area contributed by atoms with Crippen molar-refractivity contribution in [2.45, 2.75) is 30.2 Å². The van der Waals surface area contributed by atoms with Gasteiger partial charge in [0.05, 0.1) is 11.7 Å². The number of benzene rings is 1. The van der Waals surface area contributed by atoms with E-state index in [1.807, 2.05) is 30.5 Å². The third-order valence-corrected chi connectivity index (χ3v) is 4.89. The summed E-state index contributed by atoms with van der Waals surface area (Å²) in [4.78, 5) is 29.2. The molecule has 1 aromatic rings. The number of hydrogen-bond donors (Lipinski definition) is 1. The standard InChI is InChI=1S/C17H25N3O2S/c1-19(2)17(22)14-8-6-11-20(14)12-10-16(21)18-13-7-4-5-9-15(13)23-3/h4-5,7,9,14H,6,8,10-12H2,1-3H3,(H,18,21). The molecule has 1 aliphatic rings. The molecule has 1 atom stereocenters. The van der Waals surface area contributed by atoms with Crippen molar-refractivity contribution in [3.63, 3.8) is 0 Å². The van der Waals surface area contributed by atoms with Gasteiger partial charge in [-0.25, -0.2) is 0 Å². The molecule has 0 radical (unpaired) electrons. The number of thioether (sulfide) groups is 1. The van der Waals surface area contributed by atoms with Crippen molar-refractivity contribution in [1.82, 2.24) is 9.80 Å². The van der Waals surface area contributed by atoms with E-state index in [1.54, 1.807) is 30.8 Å². The van der Waals surface area contributed by atoms with E-state index in [9.17, 15) is 9.59 Å². The highest BCUT2D eigenvalue weighted by Crippen LogP contribution is 2.25. The van der Waals surface area contributed by atoms with Crippen molar-refractivity contribution in [1.29, 1.82) is 0 Å². The van der Waals surface area contributed by atoms with Crippen LogP contribution in [0.1, 0.15) is 19.3 Å². The fraction of sp³-hybridized carbons (Fsp3) is 0.529. The fourth-order valence-corrected chi connectivity index (χ4v) is 3.43. The Kier molecular flexibility index (Phi) is 6.47. The van der Waals surface area contributed by atoms with Gasteiger partial charge in [-0.1, -0.05) is 12.1 Å². The average molecular weight is 335 g/mol. The molecule has 0 spiro atoms. The number of carbonyl (C=O) groups is 2. The molecule has 2 rings (SSSR count). The Labute approximate surface area is 142 Å². The third-order valence-electron chi connectivity index (χ3n) is 4.10. The number of likely N-dealkylation sites (N-methyl/N-ethyl adjacent to an activating group) is 1. The highest BCUT2D eigenvalue weighted by Gasteiger charge is 2.31. The van der Waals surface area contributed by atoms with Crippen LogP contribution >= 0.6 is 11.8 Å². The molecule has 1 heterocycles. The van der Waals surface area contributed by atoms with Crippen molar-refractivity contribution in [3.8, 4) is 0 Å². The summed E-state index contributed by atoms with van der Waals surface area (Å²) < 4.78 is 0. The highest BCUT2D eigenvalue weighted by atomic mass is 32.2. The van der Waals surface area contributed by atoms with Gasteiger partial charge in [0.2, 0.25) is 11.8 Å². The molecule has 0 saturated carbocycles. The Bertz CT molecular complexity index is 563. The van der Waals surface area contributed by atoms with Crippen LogP contribution in [0.3, 0.4) is 0 Å². The van der Waals surface area contributed by atoms with Crippen LogP contribution in [0.25, 0.3) is 0 Å². The Morgan fingerprint density at radius 3 is 2.78 bits per heavy atom. The van der Waals surface area contributed by atoms with Gasteiger partial charge in [-0.3, -0.25) is 14.5 Å². The number of carbonyl (C=O) groups excluding carboxylic acids is 2. The van der Waals surface area contributed by atoms with Crippen molar-refractivity contribution >= 4 is 29.3 Å². The Morgan fingerprint density at radius 2 is 2.09 bits per heavy atom. The topological polar surface area (TPSA) is 52.7 Å².